The van der Waals surface area contributed by atoms with Crippen molar-refractivity contribution in [2.24, 2.45) is 0 Å². The number of unbranched alkanes of at least 4 members (excludes halogenated alkanes) is 1. The molecule has 2 aromatic rings. The van der Waals surface area contributed by atoms with Crippen molar-refractivity contribution in [3.8, 4) is 0 Å². The van der Waals surface area contributed by atoms with Gasteiger partial charge >= 0.3 is 0 Å². The van der Waals surface area contributed by atoms with Crippen LogP contribution < -0.4 is 5.32 Å². The molecule has 0 aliphatic rings. The summed E-state index contributed by atoms with van der Waals surface area (Å²) in [5, 5.41) is 7.64. The Balaban J connectivity index is 1.98. The Morgan fingerprint density at radius 3 is 2.84 bits per heavy atom. The molecule has 0 spiro atoms. The summed E-state index contributed by atoms with van der Waals surface area (Å²) in [6.07, 6.45) is 2.27. The lowest BCUT2D eigenvalue weighted by Crippen LogP contribution is -2.05. The molecule has 0 amide bonds. The smallest absolute Gasteiger partial charge is 0.148 e. The third kappa shape index (κ3) is 3.56. The van der Waals surface area contributed by atoms with Gasteiger partial charge in [-0.25, -0.2) is 4.39 Å². The minimum absolute atomic E-state index is 0.183. The summed E-state index contributed by atoms with van der Waals surface area (Å²) in [5.74, 6) is 0.619. The fraction of sp³-hybridized carbons (Fsp3) is 0.400. The van der Waals surface area contributed by atoms with E-state index in [4.69, 9.17) is 0 Å². The van der Waals surface area contributed by atoms with Crippen molar-refractivity contribution >= 4 is 5.82 Å². The number of nitrogens with one attached hydrogen (secondary N) is 1. The van der Waals surface area contributed by atoms with Gasteiger partial charge in [0.1, 0.15) is 11.6 Å². The summed E-state index contributed by atoms with van der Waals surface area (Å²) < 4.78 is 15.5. The number of halogens is 1. The van der Waals surface area contributed by atoms with E-state index in [1.54, 1.807) is 12.1 Å². The van der Waals surface area contributed by atoms with Crippen molar-refractivity contribution in [1.82, 2.24) is 9.78 Å². The second-order valence-corrected chi connectivity index (χ2v) is 4.69. The first kappa shape index (κ1) is 13.6. The largest absolute Gasteiger partial charge is 0.364 e. The van der Waals surface area contributed by atoms with Crippen molar-refractivity contribution in [2.45, 2.75) is 39.8 Å². The van der Waals surface area contributed by atoms with Crippen LogP contribution in [-0.4, -0.2) is 9.78 Å². The van der Waals surface area contributed by atoms with Gasteiger partial charge < -0.3 is 5.32 Å². The molecule has 0 fully saturated rings. The molecule has 0 aliphatic heterocycles. The molecule has 1 aromatic heterocycles. The Hall–Kier alpha value is -1.84. The Morgan fingerprint density at radius 2 is 2.11 bits per heavy atom. The van der Waals surface area contributed by atoms with E-state index < -0.39 is 0 Å². The summed E-state index contributed by atoms with van der Waals surface area (Å²) >= 11 is 0. The van der Waals surface area contributed by atoms with Crippen LogP contribution >= 0.6 is 0 Å². The molecule has 1 aromatic carbocycles. The van der Waals surface area contributed by atoms with E-state index in [1.807, 2.05) is 23.7 Å². The van der Waals surface area contributed by atoms with Gasteiger partial charge in [0.2, 0.25) is 0 Å². The van der Waals surface area contributed by atoms with Crippen LogP contribution in [0.1, 0.15) is 31.0 Å². The quantitative estimate of drug-likeness (QED) is 0.858. The number of nitrogens with zero attached hydrogens (tertiary/aromatic N) is 2. The third-order valence-corrected chi connectivity index (χ3v) is 3.12. The van der Waals surface area contributed by atoms with Crippen molar-refractivity contribution in [3.05, 3.63) is 47.4 Å². The molecule has 0 atom stereocenters. The van der Waals surface area contributed by atoms with E-state index in [0.29, 0.717) is 12.1 Å². The zero-order valence-corrected chi connectivity index (χ0v) is 11.5. The molecule has 0 aliphatic carbocycles. The fourth-order valence-corrected chi connectivity index (χ4v) is 1.96. The number of hydrogen-bond donors (Lipinski definition) is 1. The van der Waals surface area contributed by atoms with Gasteiger partial charge in [-0.05, 0) is 19.4 Å². The monoisotopic (exact) mass is 261 g/mol. The van der Waals surface area contributed by atoms with Crippen LogP contribution in [0.5, 0.6) is 0 Å². The van der Waals surface area contributed by atoms with E-state index in [0.717, 1.165) is 30.9 Å². The lowest BCUT2D eigenvalue weighted by molar-refractivity contribution is 0.560. The summed E-state index contributed by atoms with van der Waals surface area (Å²) in [5.41, 5.74) is 1.78. The van der Waals surface area contributed by atoms with E-state index in [9.17, 15) is 4.39 Å². The Kier molecular flexibility index (Phi) is 4.55. The molecule has 0 bridgehead atoms. The van der Waals surface area contributed by atoms with Crippen LogP contribution in [0, 0.1) is 12.7 Å². The van der Waals surface area contributed by atoms with Gasteiger partial charge in [0.25, 0.3) is 0 Å². The molecule has 0 saturated heterocycles. The number of benzene rings is 1. The van der Waals surface area contributed by atoms with Crippen LogP contribution in [0.4, 0.5) is 10.2 Å². The molecule has 19 heavy (non-hydrogen) atoms. The zero-order chi connectivity index (χ0) is 13.7. The van der Waals surface area contributed by atoms with Crippen LogP contribution in [0.25, 0.3) is 0 Å². The lowest BCUT2D eigenvalue weighted by Gasteiger charge is -2.04. The average Bonchev–Trinajstić information content (AvgIpc) is 2.76. The number of aromatic nitrogens is 2. The first-order chi connectivity index (χ1) is 9.20. The van der Waals surface area contributed by atoms with Gasteiger partial charge in [-0.15, -0.1) is 0 Å². The Bertz CT molecular complexity index is 534. The second-order valence-electron chi connectivity index (χ2n) is 4.69. The van der Waals surface area contributed by atoms with Crippen LogP contribution in [0.2, 0.25) is 0 Å². The topological polar surface area (TPSA) is 29.9 Å². The average molecular weight is 261 g/mol. The van der Waals surface area contributed by atoms with Crippen molar-refractivity contribution in [3.63, 3.8) is 0 Å². The van der Waals surface area contributed by atoms with Crippen LogP contribution in [0.15, 0.2) is 30.3 Å². The maximum absolute atomic E-state index is 13.5. The minimum atomic E-state index is -0.183. The van der Waals surface area contributed by atoms with Gasteiger partial charge in [-0.1, -0.05) is 31.5 Å². The maximum Gasteiger partial charge on any atom is 0.148 e. The number of anilines is 1. The molecule has 0 radical (unpaired) electrons. The van der Waals surface area contributed by atoms with E-state index in [-0.39, 0.29) is 5.82 Å². The van der Waals surface area contributed by atoms with Crippen molar-refractivity contribution in [1.29, 1.82) is 0 Å². The molecule has 3 nitrogen and oxygen atoms in total. The summed E-state index contributed by atoms with van der Waals surface area (Å²) in [7, 11) is 0. The van der Waals surface area contributed by atoms with Gasteiger partial charge in [0.05, 0.1) is 0 Å². The summed E-state index contributed by atoms with van der Waals surface area (Å²) in [4.78, 5) is 0. The fourth-order valence-electron chi connectivity index (χ4n) is 1.96. The Labute approximate surface area is 113 Å². The highest BCUT2D eigenvalue weighted by atomic mass is 19.1. The van der Waals surface area contributed by atoms with Gasteiger partial charge in [-0.3, -0.25) is 4.68 Å². The number of rotatable bonds is 6. The highest BCUT2D eigenvalue weighted by Crippen LogP contribution is 2.12. The van der Waals surface area contributed by atoms with Gasteiger partial charge in [0.15, 0.2) is 0 Å². The number of aryl methyl sites for hydroxylation is 2. The highest BCUT2D eigenvalue weighted by molar-refractivity contribution is 5.37. The van der Waals surface area contributed by atoms with E-state index in [2.05, 4.69) is 17.3 Å². The standard InChI is InChI=1S/C15H20FN3/c1-3-4-9-19-12(2)10-15(18-19)17-11-13-7-5-6-8-14(13)16/h5-8,10H,3-4,9,11H2,1-2H3,(H,17,18). The van der Waals surface area contributed by atoms with Crippen LogP contribution in [-0.2, 0) is 13.1 Å². The summed E-state index contributed by atoms with van der Waals surface area (Å²) in [6.45, 7) is 5.59. The first-order valence-electron chi connectivity index (χ1n) is 6.72. The molecule has 4 heteroatoms. The Morgan fingerprint density at radius 1 is 1.32 bits per heavy atom. The highest BCUT2D eigenvalue weighted by Gasteiger charge is 2.05. The minimum Gasteiger partial charge on any atom is -0.364 e. The normalized spacial score (nSPS) is 10.7. The molecule has 2 rings (SSSR count). The SMILES string of the molecule is CCCCn1nc(NCc2ccccc2F)cc1C. The van der Waals surface area contributed by atoms with Crippen LogP contribution in [0.3, 0.4) is 0 Å². The molecule has 1 heterocycles. The molecular weight excluding hydrogens is 241 g/mol. The molecule has 102 valence electrons. The molecule has 0 unspecified atom stereocenters. The number of hydrogen-bond acceptors (Lipinski definition) is 2. The van der Waals surface area contributed by atoms with E-state index >= 15 is 0 Å². The molecule has 1 N–H and O–H groups in total. The molecular formula is C15H20FN3. The van der Waals surface area contributed by atoms with E-state index in [1.165, 1.54) is 6.07 Å². The predicted molar refractivity (Wildman–Crippen MR) is 75.6 cm³/mol. The van der Waals surface area contributed by atoms with Gasteiger partial charge in [-0.2, -0.15) is 5.10 Å². The first-order valence-corrected chi connectivity index (χ1v) is 6.72. The third-order valence-electron chi connectivity index (χ3n) is 3.12. The predicted octanol–water partition coefficient (Wildman–Crippen LogP) is 3.74. The lowest BCUT2D eigenvalue weighted by atomic mass is 10.2. The zero-order valence-electron chi connectivity index (χ0n) is 11.5. The second kappa shape index (κ2) is 6.36. The van der Waals surface area contributed by atoms with Gasteiger partial charge in [0, 0.05) is 30.4 Å². The van der Waals surface area contributed by atoms with Crippen molar-refractivity contribution < 1.29 is 4.39 Å². The molecule has 0 saturated carbocycles. The van der Waals surface area contributed by atoms with Crippen molar-refractivity contribution in [2.75, 3.05) is 5.32 Å². The summed E-state index contributed by atoms with van der Waals surface area (Å²) in [6, 6.07) is 8.79. The maximum atomic E-state index is 13.5.